The molecule has 0 aromatic rings. The number of ether oxygens (including phenoxy) is 14. The molecule has 0 aromatic heterocycles. The van der Waals surface area contributed by atoms with Crippen LogP contribution in [0.3, 0.4) is 0 Å². The second-order valence-electron chi connectivity index (χ2n) is 23.6. The monoisotopic (exact) mass is 1370 g/mol. The minimum Gasteiger partial charge on any atom is -0.394 e. The van der Waals surface area contributed by atoms with E-state index < -0.39 is 297 Å². The molecular weight excluding hydrogens is 1280 g/mol. The van der Waals surface area contributed by atoms with Crippen LogP contribution in [0.5, 0.6) is 0 Å². The van der Waals surface area contributed by atoms with Gasteiger partial charge >= 0.3 is 0 Å². The van der Waals surface area contributed by atoms with E-state index in [1.807, 2.05) is 0 Å². The van der Waals surface area contributed by atoms with Gasteiger partial charge in [0.05, 0.1) is 58.5 Å². The molecule has 2 amide bonds. The molecule has 0 saturated carbocycles. The number of carbonyl (C=O) groups is 2. The van der Waals surface area contributed by atoms with Crippen LogP contribution < -0.4 is 10.6 Å². The molecule has 41 nitrogen and oxygen atoms in total. The average molecular weight is 1370 g/mol. The third-order valence-electron chi connectivity index (χ3n) is 17.0. The summed E-state index contributed by atoms with van der Waals surface area (Å²) in [7, 11) is 0. The summed E-state index contributed by atoms with van der Waals surface area (Å²) < 4.78 is 83.4. The number of carbonyl (C=O) groups excluding carboxylic acids is 2. The summed E-state index contributed by atoms with van der Waals surface area (Å²) in [5, 5.41) is 254. The van der Waals surface area contributed by atoms with Crippen LogP contribution in [0.4, 0.5) is 0 Å². The first-order valence-electron chi connectivity index (χ1n) is 29.8. The van der Waals surface area contributed by atoms with Crippen molar-refractivity contribution in [2.24, 2.45) is 0 Å². The van der Waals surface area contributed by atoms with Crippen molar-refractivity contribution in [1.82, 2.24) is 10.6 Å². The fourth-order valence-corrected chi connectivity index (χ4v) is 11.8. The van der Waals surface area contributed by atoms with E-state index >= 15 is 0 Å². The first-order valence-corrected chi connectivity index (χ1v) is 29.8. The minimum absolute atomic E-state index is 0.932. The lowest BCUT2D eigenvalue weighted by atomic mass is 9.93. The standard InChI is InChI=1S/C52H90N2O39/c1-12-25(66)31(72)34(75)48(80-12)88-40-21(10-60)85-47(24(54-15(4)63)43(40)91-50-36(77)33(74)28(69)18(7-57)82-50)93-45-30(71)20(9-59)84-52(38(45)79)89-41-22(11-61)86-46(23(53-14(3)62)42(41)90-49-35(76)32(73)26(67)13(2)81-49)92-44-29(70)19(8-58)83-51(37(44)78)87-39(17(65)6-56)27(68)16(64)5-55/h12-13,16-52,55-61,64-79H,5-11H2,1-4H3,(H,53,62)(H,54,63)/t12-,13-,16-,17+,18+,19+,20+,21+,22+,23+,24+,25+,26+,27+,28-,29-,30-,31+,32+,33-,34-,35-,36+,37+,38+,39+,40+,41+,42+,43+,44-,45-,46-,47-,48-,49-,50-,51-,52-/m0/s1. The number of aliphatic hydroxyl groups excluding tert-OH is 23. The Kier molecular flexibility index (Phi) is 28.5. The summed E-state index contributed by atoms with van der Waals surface area (Å²) in [6.07, 6.45) is -74.8. The van der Waals surface area contributed by atoms with Gasteiger partial charge in [0.25, 0.3) is 0 Å². The lowest BCUT2D eigenvalue weighted by molar-refractivity contribution is -0.398. The van der Waals surface area contributed by atoms with Crippen molar-refractivity contribution in [2.45, 2.75) is 267 Å². The van der Waals surface area contributed by atoms with Gasteiger partial charge in [0.15, 0.2) is 44.0 Å². The van der Waals surface area contributed by atoms with E-state index in [0.29, 0.717) is 0 Å². The van der Waals surface area contributed by atoms with Crippen molar-refractivity contribution in [3.8, 4) is 0 Å². The predicted octanol–water partition coefficient (Wildman–Crippen LogP) is -16.5. The molecule has 7 saturated heterocycles. The predicted molar refractivity (Wildman–Crippen MR) is 287 cm³/mol. The van der Waals surface area contributed by atoms with Gasteiger partial charge in [0, 0.05) is 13.8 Å². The Bertz CT molecular complexity index is 2300. The molecule has 0 aromatic carbocycles. The molecular formula is C52H90N2O39. The maximum atomic E-state index is 13.3. The van der Waals surface area contributed by atoms with Crippen LogP contribution in [0.2, 0.25) is 0 Å². The molecule has 7 fully saturated rings. The first kappa shape index (κ1) is 77.8. The van der Waals surface area contributed by atoms with Crippen molar-refractivity contribution >= 4 is 11.8 Å². The van der Waals surface area contributed by atoms with E-state index in [-0.39, 0.29) is 0 Å². The quantitative estimate of drug-likeness (QED) is 0.0382. The Morgan fingerprint density at radius 1 is 0.344 bits per heavy atom. The summed E-state index contributed by atoms with van der Waals surface area (Å²) >= 11 is 0. The van der Waals surface area contributed by atoms with Gasteiger partial charge in [-0.3, -0.25) is 9.59 Å². The average Bonchev–Trinajstić information content (AvgIpc) is 0.767. The molecule has 7 heterocycles. The molecule has 41 heteroatoms. The van der Waals surface area contributed by atoms with Crippen molar-refractivity contribution < 1.29 is 193 Å². The Morgan fingerprint density at radius 3 is 1.01 bits per heavy atom. The van der Waals surface area contributed by atoms with Crippen LogP contribution in [0.1, 0.15) is 27.7 Å². The van der Waals surface area contributed by atoms with Crippen molar-refractivity contribution in [1.29, 1.82) is 0 Å². The molecule has 7 aliphatic rings. The summed E-state index contributed by atoms with van der Waals surface area (Å²) in [5.41, 5.74) is 0. The van der Waals surface area contributed by atoms with Gasteiger partial charge in [-0.05, 0) is 13.8 Å². The number of hydrogen-bond acceptors (Lipinski definition) is 39. The molecule has 25 N–H and O–H groups in total. The number of hydrogen-bond donors (Lipinski definition) is 25. The maximum Gasteiger partial charge on any atom is 0.217 e. The summed E-state index contributed by atoms with van der Waals surface area (Å²) in [5.74, 6) is -1.94. The molecule has 93 heavy (non-hydrogen) atoms. The topological polar surface area (TPSA) is 653 Å². The largest absolute Gasteiger partial charge is 0.394 e. The fraction of sp³-hybridized carbons (Fsp3) is 0.962. The van der Waals surface area contributed by atoms with Gasteiger partial charge in [-0.15, -0.1) is 0 Å². The SMILES string of the molecule is CC(=O)N[C@H]1[C@H](O[C@H]2[C@@H](O)[C@@H](CO)O[C@@H](O[C@H]3[C@H](O[C@@H]4O[C@@H](C)[C@@H](O)[C@@H](O)[C@@H]4O)[C@@H](NC(C)=O)[C@H](O[C@H]4[C@@H](O)[C@@H](CO)O[C@@H](O[C@@H]([C@H](O)[C@@H](O)CO)[C@H](O)CO)[C@@H]4O)O[C@@H]3CO)[C@@H]2O)O[C@H](CO)[C@@H](O[C@@H]2O[C@@H](C)[C@@H](O)[C@@H](O)[C@@H]2O)[C@@H]1O[C@@H]1O[C@H](CO)[C@H](O)[C@H](O)[C@H]1O. The highest BCUT2D eigenvalue weighted by atomic mass is 16.8. The zero-order valence-corrected chi connectivity index (χ0v) is 50.3. The molecule has 7 rings (SSSR count). The van der Waals surface area contributed by atoms with Crippen LogP contribution in [0, 0.1) is 0 Å². The zero-order valence-electron chi connectivity index (χ0n) is 50.3. The van der Waals surface area contributed by atoms with E-state index in [1.165, 1.54) is 13.8 Å². The number of rotatable bonds is 26. The highest BCUT2D eigenvalue weighted by Gasteiger charge is 2.61. The van der Waals surface area contributed by atoms with Crippen LogP contribution >= 0.6 is 0 Å². The first-order chi connectivity index (χ1) is 43.9. The summed E-state index contributed by atoms with van der Waals surface area (Å²) in [6, 6.07) is -3.93. The Labute approximate surface area is 528 Å². The van der Waals surface area contributed by atoms with Gasteiger partial charge in [0.1, 0.15) is 183 Å². The lowest BCUT2D eigenvalue weighted by Gasteiger charge is -2.52. The Balaban J connectivity index is 1.26. The Hall–Kier alpha value is -2.54. The fourth-order valence-electron chi connectivity index (χ4n) is 11.8. The van der Waals surface area contributed by atoms with Crippen molar-refractivity contribution in [2.75, 3.05) is 46.2 Å². The van der Waals surface area contributed by atoms with Crippen LogP contribution in [-0.2, 0) is 75.9 Å². The highest BCUT2D eigenvalue weighted by molar-refractivity contribution is 5.73. The Morgan fingerprint density at radius 2 is 0.645 bits per heavy atom. The van der Waals surface area contributed by atoms with Crippen LogP contribution in [0.25, 0.3) is 0 Å². The van der Waals surface area contributed by atoms with Crippen LogP contribution in [-0.4, -0.2) is 415 Å². The van der Waals surface area contributed by atoms with E-state index in [2.05, 4.69) is 10.6 Å². The second-order valence-corrected chi connectivity index (χ2v) is 23.6. The molecule has 0 spiro atoms. The smallest absolute Gasteiger partial charge is 0.217 e. The number of nitrogens with one attached hydrogen (secondary N) is 2. The van der Waals surface area contributed by atoms with Gasteiger partial charge in [0.2, 0.25) is 11.8 Å². The summed E-state index contributed by atoms with van der Waals surface area (Å²) in [6.45, 7) is -3.49. The van der Waals surface area contributed by atoms with Gasteiger partial charge in [-0.1, -0.05) is 0 Å². The van der Waals surface area contributed by atoms with E-state index in [0.717, 1.165) is 13.8 Å². The van der Waals surface area contributed by atoms with E-state index in [9.17, 15) is 127 Å². The van der Waals surface area contributed by atoms with Crippen molar-refractivity contribution in [3.05, 3.63) is 0 Å². The zero-order chi connectivity index (χ0) is 68.9. The van der Waals surface area contributed by atoms with Gasteiger partial charge in [-0.2, -0.15) is 0 Å². The molecule has 0 bridgehead atoms. The van der Waals surface area contributed by atoms with Crippen molar-refractivity contribution in [3.63, 3.8) is 0 Å². The van der Waals surface area contributed by atoms with E-state index in [1.54, 1.807) is 0 Å². The number of aliphatic hydroxyl groups is 23. The molecule has 542 valence electrons. The summed E-state index contributed by atoms with van der Waals surface area (Å²) in [4.78, 5) is 26.5. The molecule has 39 atom stereocenters. The third-order valence-corrected chi connectivity index (χ3v) is 17.0. The lowest BCUT2D eigenvalue weighted by Crippen LogP contribution is -2.72. The second kappa shape index (κ2) is 34.0. The van der Waals surface area contributed by atoms with E-state index in [4.69, 9.17) is 66.3 Å². The molecule has 0 radical (unpaired) electrons. The highest BCUT2D eigenvalue weighted by Crippen LogP contribution is 2.40. The normalized spacial score (nSPS) is 48.1. The van der Waals surface area contributed by atoms with Gasteiger partial charge in [-0.25, -0.2) is 0 Å². The molecule has 7 aliphatic heterocycles. The maximum absolute atomic E-state index is 13.3. The molecule has 0 aliphatic carbocycles. The minimum atomic E-state index is -2.44. The third kappa shape index (κ3) is 17.2. The molecule has 0 unspecified atom stereocenters. The van der Waals surface area contributed by atoms with Gasteiger partial charge < -0.3 is 194 Å². The number of amides is 2. The van der Waals surface area contributed by atoms with Crippen LogP contribution in [0.15, 0.2) is 0 Å².